The lowest BCUT2D eigenvalue weighted by Crippen LogP contribution is -2.33. The first kappa shape index (κ1) is 19.6. The van der Waals surface area contributed by atoms with Gasteiger partial charge in [0.2, 0.25) is 11.9 Å². The molecule has 0 radical (unpaired) electrons. The minimum Gasteiger partial charge on any atom is -0.489 e. The average Bonchev–Trinajstić information content (AvgIpc) is 3.59. The summed E-state index contributed by atoms with van der Waals surface area (Å²) in [5.41, 5.74) is 2.76. The lowest BCUT2D eigenvalue weighted by Gasteiger charge is -2.23. The van der Waals surface area contributed by atoms with Crippen LogP contribution in [0.25, 0.3) is 0 Å². The van der Waals surface area contributed by atoms with Gasteiger partial charge in [0.05, 0.1) is 6.54 Å². The Labute approximate surface area is 174 Å². The molecular weight excluding hydrogens is 380 g/mol. The molecule has 30 heavy (non-hydrogen) atoms. The van der Waals surface area contributed by atoms with Crippen molar-refractivity contribution >= 4 is 11.6 Å². The molecule has 3 aromatic rings. The van der Waals surface area contributed by atoms with Crippen LogP contribution in [0.4, 0.5) is 5.69 Å². The summed E-state index contributed by atoms with van der Waals surface area (Å²) in [7, 11) is 0. The summed E-state index contributed by atoms with van der Waals surface area (Å²) in [6.45, 7) is 0.835. The van der Waals surface area contributed by atoms with E-state index in [0.29, 0.717) is 19.6 Å². The fourth-order valence-electron chi connectivity index (χ4n) is 3.40. The highest BCUT2D eigenvalue weighted by molar-refractivity contribution is 5.97. The summed E-state index contributed by atoms with van der Waals surface area (Å²) in [6, 6.07) is 26.0. The van der Waals surface area contributed by atoms with E-state index in [1.54, 1.807) is 4.90 Å². The van der Waals surface area contributed by atoms with Crippen LogP contribution in [0.1, 0.15) is 17.5 Å². The zero-order chi connectivity index (χ0) is 20.9. The molecule has 152 valence electrons. The second kappa shape index (κ2) is 8.78. The fourth-order valence-corrected chi connectivity index (χ4v) is 3.40. The van der Waals surface area contributed by atoms with E-state index >= 15 is 0 Å². The normalized spacial score (nSPS) is 17.2. The second-order valence-corrected chi connectivity index (χ2v) is 7.37. The minimum absolute atomic E-state index is 0.202. The Hall–Kier alpha value is -3.67. The van der Waals surface area contributed by atoms with Gasteiger partial charge in [0.1, 0.15) is 18.3 Å². The molecule has 4 rings (SSSR count). The monoisotopic (exact) mass is 402 g/mol. The van der Waals surface area contributed by atoms with E-state index in [9.17, 15) is 14.9 Å². The van der Waals surface area contributed by atoms with E-state index in [0.717, 1.165) is 22.6 Å². The number of ether oxygens (including phenoxy) is 1. The quantitative estimate of drug-likeness (QED) is 0.412. The van der Waals surface area contributed by atoms with Crippen molar-refractivity contribution in [1.29, 1.82) is 0 Å². The smallest absolute Gasteiger partial charge is 0.237 e. The van der Waals surface area contributed by atoms with Crippen LogP contribution in [0.15, 0.2) is 84.9 Å². The van der Waals surface area contributed by atoms with Gasteiger partial charge in [-0.25, -0.2) is 0 Å². The molecule has 0 spiro atoms. The number of nitrogens with zero attached hydrogens (tertiary/aromatic N) is 2. The predicted molar refractivity (Wildman–Crippen MR) is 114 cm³/mol. The van der Waals surface area contributed by atoms with Gasteiger partial charge >= 0.3 is 0 Å². The molecule has 1 fully saturated rings. The Balaban J connectivity index is 1.45. The van der Waals surface area contributed by atoms with Gasteiger partial charge in [-0.1, -0.05) is 60.7 Å². The van der Waals surface area contributed by atoms with Crippen LogP contribution in [0.5, 0.6) is 5.75 Å². The first-order valence-electron chi connectivity index (χ1n) is 9.87. The number of hydrogen-bond acceptors (Lipinski definition) is 4. The molecule has 0 aromatic heterocycles. The summed E-state index contributed by atoms with van der Waals surface area (Å²) < 4.78 is 5.82. The van der Waals surface area contributed by atoms with E-state index < -0.39 is 12.0 Å². The zero-order valence-electron chi connectivity index (χ0n) is 16.4. The Kier molecular flexibility index (Phi) is 5.75. The third-order valence-corrected chi connectivity index (χ3v) is 5.19. The van der Waals surface area contributed by atoms with E-state index in [2.05, 4.69) is 0 Å². The van der Waals surface area contributed by atoms with Crippen molar-refractivity contribution < 1.29 is 14.5 Å². The number of rotatable bonds is 8. The maximum Gasteiger partial charge on any atom is 0.237 e. The maximum atomic E-state index is 12.9. The highest BCUT2D eigenvalue weighted by Gasteiger charge is 2.54. The van der Waals surface area contributed by atoms with Crippen LogP contribution in [0.2, 0.25) is 0 Å². The van der Waals surface area contributed by atoms with Crippen molar-refractivity contribution in [3.63, 3.8) is 0 Å². The second-order valence-electron chi connectivity index (χ2n) is 7.37. The molecule has 0 heterocycles. The standard InChI is InChI=1S/C24H22N2O4/c27-24(22-15-23(22)26(28)29)25(20-9-5-2-6-10-20)16-18-11-13-21(14-12-18)30-17-19-7-3-1-4-8-19/h1-14,22-23H,15-17H2. The Morgan fingerprint density at radius 3 is 2.17 bits per heavy atom. The van der Waals surface area contributed by atoms with Gasteiger partial charge in [-0.15, -0.1) is 0 Å². The molecule has 3 aromatic carbocycles. The molecule has 6 heteroatoms. The van der Waals surface area contributed by atoms with Crippen molar-refractivity contribution in [3.05, 3.63) is 106 Å². The SMILES string of the molecule is O=C(C1CC1[N+](=O)[O-])N(Cc1ccc(OCc2ccccc2)cc1)c1ccccc1. The number of hydrogen-bond donors (Lipinski definition) is 0. The third-order valence-electron chi connectivity index (χ3n) is 5.19. The van der Waals surface area contributed by atoms with Crippen molar-refractivity contribution in [3.8, 4) is 5.75 Å². The highest BCUT2D eigenvalue weighted by Crippen LogP contribution is 2.36. The number of para-hydroxylation sites is 1. The van der Waals surface area contributed by atoms with Gasteiger partial charge in [0.15, 0.2) is 0 Å². The maximum absolute atomic E-state index is 12.9. The van der Waals surface area contributed by atoms with E-state index in [1.165, 1.54) is 0 Å². The van der Waals surface area contributed by atoms with Crippen molar-refractivity contribution in [2.75, 3.05) is 4.90 Å². The largest absolute Gasteiger partial charge is 0.489 e. The number of carbonyl (C=O) groups is 1. The Morgan fingerprint density at radius 1 is 0.933 bits per heavy atom. The summed E-state index contributed by atoms with van der Waals surface area (Å²) in [5, 5.41) is 11.0. The summed E-state index contributed by atoms with van der Waals surface area (Å²) in [6.07, 6.45) is 0.307. The highest BCUT2D eigenvalue weighted by atomic mass is 16.6. The molecule has 6 nitrogen and oxygen atoms in total. The predicted octanol–water partition coefficient (Wildman–Crippen LogP) is 4.46. The summed E-state index contributed by atoms with van der Waals surface area (Å²) in [4.78, 5) is 25.2. The van der Waals surface area contributed by atoms with Gasteiger partial charge in [0, 0.05) is 17.0 Å². The third kappa shape index (κ3) is 4.66. The van der Waals surface area contributed by atoms with Gasteiger partial charge in [0.25, 0.3) is 0 Å². The number of anilines is 1. The van der Waals surface area contributed by atoms with Crippen molar-refractivity contribution in [2.45, 2.75) is 25.6 Å². The van der Waals surface area contributed by atoms with E-state index in [1.807, 2.05) is 84.9 Å². The molecular formula is C24H22N2O4. The molecule has 2 unspecified atom stereocenters. The number of nitro groups is 1. The molecule has 0 bridgehead atoms. The lowest BCUT2D eigenvalue weighted by atomic mass is 10.1. The van der Waals surface area contributed by atoms with E-state index in [-0.39, 0.29) is 10.8 Å². The summed E-state index contributed by atoms with van der Waals surface area (Å²) >= 11 is 0. The number of benzene rings is 3. The zero-order valence-corrected chi connectivity index (χ0v) is 16.4. The first-order chi connectivity index (χ1) is 14.6. The van der Waals surface area contributed by atoms with Crippen LogP contribution in [-0.4, -0.2) is 16.9 Å². The van der Waals surface area contributed by atoms with Crippen LogP contribution in [0.3, 0.4) is 0 Å². The van der Waals surface area contributed by atoms with Crippen molar-refractivity contribution in [2.24, 2.45) is 5.92 Å². The van der Waals surface area contributed by atoms with Gasteiger partial charge in [-0.05, 0) is 35.4 Å². The molecule has 0 aliphatic heterocycles. The lowest BCUT2D eigenvalue weighted by molar-refractivity contribution is -0.497. The molecule has 1 aliphatic rings. The molecule has 0 N–H and O–H groups in total. The van der Waals surface area contributed by atoms with Gasteiger partial charge < -0.3 is 9.64 Å². The van der Waals surface area contributed by atoms with Crippen LogP contribution in [0, 0.1) is 16.0 Å². The molecule has 2 atom stereocenters. The van der Waals surface area contributed by atoms with Crippen LogP contribution >= 0.6 is 0 Å². The Morgan fingerprint density at radius 2 is 1.57 bits per heavy atom. The van der Waals surface area contributed by atoms with Gasteiger partial charge in [-0.2, -0.15) is 0 Å². The van der Waals surface area contributed by atoms with E-state index in [4.69, 9.17) is 4.74 Å². The van der Waals surface area contributed by atoms with Crippen LogP contribution in [-0.2, 0) is 17.9 Å². The van der Waals surface area contributed by atoms with Crippen molar-refractivity contribution in [1.82, 2.24) is 0 Å². The first-order valence-corrected chi connectivity index (χ1v) is 9.87. The minimum atomic E-state index is -0.766. The average molecular weight is 402 g/mol. The Bertz CT molecular complexity index is 1010. The molecule has 1 amide bonds. The van der Waals surface area contributed by atoms with Gasteiger partial charge in [-0.3, -0.25) is 14.9 Å². The molecule has 1 saturated carbocycles. The topological polar surface area (TPSA) is 72.7 Å². The van der Waals surface area contributed by atoms with Crippen LogP contribution < -0.4 is 9.64 Å². The fraction of sp³-hybridized carbons (Fsp3) is 0.208. The number of carbonyl (C=O) groups excluding carboxylic acids is 1. The molecule has 1 aliphatic carbocycles. The summed E-state index contributed by atoms with van der Waals surface area (Å²) in [5.74, 6) is -0.00297. The molecule has 0 saturated heterocycles. The number of amides is 1.